The van der Waals surface area contributed by atoms with Gasteiger partial charge in [-0.1, -0.05) is 6.42 Å². The molecule has 1 aliphatic heterocycles. The van der Waals surface area contributed by atoms with Crippen LogP contribution in [-0.4, -0.2) is 36.5 Å². The Labute approximate surface area is 79.5 Å². The van der Waals surface area contributed by atoms with E-state index in [4.69, 9.17) is 0 Å². The number of hydrogen-bond donors (Lipinski definition) is 1. The lowest BCUT2D eigenvalue weighted by atomic mass is 9.91. The van der Waals surface area contributed by atoms with Gasteiger partial charge in [-0.3, -0.25) is 4.79 Å². The molecule has 0 aromatic carbocycles. The molecule has 1 saturated heterocycles. The minimum absolute atomic E-state index is 0.298. The molecule has 1 N–H and O–H groups in total. The van der Waals surface area contributed by atoms with Crippen molar-refractivity contribution in [1.29, 1.82) is 0 Å². The van der Waals surface area contributed by atoms with Gasteiger partial charge in [0, 0.05) is 32.1 Å². The van der Waals surface area contributed by atoms with Crippen LogP contribution in [0.4, 0.5) is 0 Å². The summed E-state index contributed by atoms with van der Waals surface area (Å²) >= 11 is 0. The van der Waals surface area contributed by atoms with Crippen LogP contribution in [0.3, 0.4) is 0 Å². The van der Waals surface area contributed by atoms with Gasteiger partial charge in [0.15, 0.2) is 0 Å². The summed E-state index contributed by atoms with van der Waals surface area (Å²) in [6.07, 6.45) is 5.78. The first-order chi connectivity index (χ1) is 6.25. The maximum Gasteiger partial charge on any atom is 0.222 e. The molecule has 74 valence electrons. The zero-order valence-corrected chi connectivity index (χ0v) is 8.25. The van der Waals surface area contributed by atoms with Crippen molar-refractivity contribution in [3.63, 3.8) is 0 Å². The summed E-state index contributed by atoms with van der Waals surface area (Å²) in [5, 5.41) is 3.61. The molecule has 1 aliphatic carbocycles. The highest BCUT2D eigenvalue weighted by atomic mass is 16.2. The van der Waals surface area contributed by atoms with Crippen molar-refractivity contribution >= 4 is 5.91 Å². The number of hydrogen-bond acceptors (Lipinski definition) is 2. The van der Waals surface area contributed by atoms with Crippen LogP contribution in [0, 0.1) is 0 Å². The fourth-order valence-electron chi connectivity index (χ4n) is 2.06. The van der Waals surface area contributed by atoms with Gasteiger partial charge in [0.2, 0.25) is 5.91 Å². The van der Waals surface area contributed by atoms with Crippen LogP contribution in [0.5, 0.6) is 0 Å². The third-order valence-electron chi connectivity index (χ3n) is 3.20. The van der Waals surface area contributed by atoms with E-state index in [1.165, 1.54) is 19.3 Å². The molecule has 0 radical (unpaired) electrons. The molecule has 1 saturated carbocycles. The average Bonchev–Trinajstić information content (AvgIpc) is 2.04. The van der Waals surface area contributed by atoms with Crippen LogP contribution >= 0.6 is 0 Å². The van der Waals surface area contributed by atoms with Crippen LogP contribution in [0.2, 0.25) is 0 Å². The normalized spacial score (nSPS) is 30.4. The number of nitrogens with one attached hydrogen (secondary N) is 1. The molecule has 0 aromatic heterocycles. The minimum Gasteiger partial charge on any atom is -0.344 e. The summed E-state index contributed by atoms with van der Waals surface area (Å²) < 4.78 is 0. The largest absolute Gasteiger partial charge is 0.344 e. The van der Waals surface area contributed by atoms with Crippen LogP contribution in [0.15, 0.2) is 0 Å². The number of rotatable bonds is 2. The molecule has 0 aromatic rings. The number of carbonyl (C=O) groups excluding carboxylic acids is 1. The SMILES string of the molecule is CN1CC(NC2CCC2)CCC1=O. The number of amides is 1. The van der Waals surface area contributed by atoms with Gasteiger partial charge >= 0.3 is 0 Å². The van der Waals surface area contributed by atoms with E-state index in [1.54, 1.807) is 0 Å². The van der Waals surface area contributed by atoms with Crippen molar-refractivity contribution in [2.45, 2.75) is 44.2 Å². The summed E-state index contributed by atoms with van der Waals surface area (Å²) in [6.45, 7) is 0.898. The predicted molar refractivity (Wildman–Crippen MR) is 51.4 cm³/mol. The third kappa shape index (κ3) is 2.02. The van der Waals surface area contributed by atoms with Gasteiger partial charge in [0.05, 0.1) is 0 Å². The first kappa shape index (κ1) is 9.00. The van der Waals surface area contributed by atoms with Crippen LogP contribution < -0.4 is 5.32 Å². The topological polar surface area (TPSA) is 32.3 Å². The number of carbonyl (C=O) groups is 1. The van der Waals surface area contributed by atoms with Gasteiger partial charge in [0.1, 0.15) is 0 Å². The Morgan fingerprint density at radius 3 is 2.62 bits per heavy atom. The van der Waals surface area contributed by atoms with E-state index in [9.17, 15) is 4.79 Å². The smallest absolute Gasteiger partial charge is 0.222 e. The molecular weight excluding hydrogens is 164 g/mol. The molecular formula is C10H18N2O. The molecule has 3 nitrogen and oxygen atoms in total. The molecule has 2 fully saturated rings. The van der Waals surface area contributed by atoms with E-state index in [0.717, 1.165) is 25.4 Å². The van der Waals surface area contributed by atoms with E-state index >= 15 is 0 Å². The molecule has 0 bridgehead atoms. The maximum absolute atomic E-state index is 11.2. The fraction of sp³-hybridized carbons (Fsp3) is 0.900. The second-order valence-corrected chi connectivity index (χ2v) is 4.30. The van der Waals surface area contributed by atoms with E-state index in [0.29, 0.717) is 11.9 Å². The minimum atomic E-state index is 0.298. The summed E-state index contributed by atoms with van der Waals surface area (Å²) in [7, 11) is 1.90. The average molecular weight is 182 g/mol. The number of nitrogens with zero attached hydrogens (tertiary/aromatic N) is 1. The monoisotopic (exact) mass is 182 g/mol. The molecule has 3 heteroatoms. The Morgan fingerprint density at radius 1 is 1.31 bits per heavy atom. The maximum atomic E-state index is 11.2. The van der Waals surface area contributed by atoms with Crippen molar-refractivity contribution in [1.82, 2.24) is 10.2 Å². The van der Waals surface area contributed by atoms with Gasteiger partial charge in [-0.15, -0.1) is 0 Å². The lowest BCUT2D eigenvalue weighted by molar-refractivity contribution is -0.132. The van der Waals surface area contributed by atoms with Gasteiger partial charge in [0.25, 0.3) is 0 Å². The van der Waals surface area contributed by atoms with Crippen LogP contribution in [0.25, 0.3) is 0 Å². The van der Waals surface area contributed by atoms with Gasteiger partial charge < -0.3 is 10.2 Å². The zero-order valence-electron chi connectivity index (χ0n) is 8.25. The van der Waals surface area contributed by atoms with E-state index in [1.807, 2.05) is 11.9 Å². The Hall–Kier alpha value is -0.570. The fourth-order valence-corrected chi connectivity index (χ4v) is 2.06. The highest BCUT2D eigenvalue weighted by Crippen LogP contribution is 2.20. The molecule has 2 rings (SSSR count). The third-order valence-corrected chi connectivity index (χ3v) is 3.20. The lowest BCUT2D eigenvalue weighted by Gasteiger charge is -2.36. The quantitative estimate of drug-likeness (QED) is 0.683. The van der Waals surface area contributed by atoms with Crippen molar-refractivity contribution in [2.24, 2.45) is 0 Å². The standard InChI is InChI=1S/C10H18N2O/c1-12-7-9(5-6-10(12)13)11-8-3-2-4-8/h8-9,11H,2-7H2,1H3. The number of piperidine rings is 1. The Bertz CT molecular complexity index is 201. The second-order valence-electron chi connectivity index (χ2n) is 4.30. The first-order valence-corrected chi connectivity index (χ1v) is 5.26. The lowest BCUT2D eigenvalue weighted by Crippen LogP contribution is -2.51. The Balaban J connectivity index is 1.77. The van der Waals surface area contributed by atoms with Gasteiger partial charge in [-0.05, 0) is 19.3 Å². The summed E-state index contributed by atoms with van der Waals surface area (Å²) in [5.41, 5.74) is 0. The van der Waals surface area contributed by atoms with E-state index in [-0.39, 0.29) is 0 Å². The summed E-state index contributed by atoms with van der Waals surface area (Å²) in [6, 6.07) is 1.29. The number of likely N-dealkylation sites (tertiary alicyclic amines) is 1. The molecule has 1 atom stereocenters. The molecule has 0 spiro atoms. The molecule has 1 heterocycles. The Morgan fingerprint density at radius 2 is 2.08 bits per heavy atom. The first-order valence-electron chi connectivity index (χ1n) is 5.26. The molecule has 2 aliphatic rings. The van der Waals surface area contributed by atoms with Crippen LogP contribution in [0.1, 0.15) is 32.1 Å². The predicted octanol–water partition coefficient (Wildman–Crippen LogP) is 0.749. The van der Waals surface area contributed by atoms with Gasteiger partial charge in [-0.25, -0.2) is 0 Å². The van der Waals surface area contributed by atoms with Crippen molar-refractivity contribution in [3.8, 4) is 0 Å². The zero-order chi connectivity index (χ0) is 9.26. The highest BCUT2D eigenvalue weighted by molar-refractivity contribution is 5.76. The van der Waals surface area contributed by atoms with Crippen LogP contribution in [-0.2, 0) is 4.79 Å². The van der Waals surface area contributed by atoms with Crippen molar-refractivity contribution in [2.75, 3.05) is 13.6 Å². The second kappa shape index (κ2) is 3.66. The summed E-state index contributed by atoms with van der Waals surface area (Å²) in [4.78, 5) is 13.1. The van der Waals surface area contributed by atoms with Gasteiger partial charge in [-0.2, -0.15) is 0 Å². The highest BCUT2D eigenvalue weighted by Gasteiger charge is 2.26. The molecule has 13 heavy (non-hydrogen) atoms. The molecule has 1 unspecified atom stereocenters. The van der Waals surface area contributed by atoms with Crippen molar-refractivity contribution < 1.29 is 4.79 Å². The number of likely N-dealkylation sites (N-methyl/N-ethyl adjacent to an activating group) is 1. The summed E-state index contributed by atoms with van der Waals surface area (Å²) in [5.74, 6) is 0.298. The van der Waals surface area contributed by atoms with E-state index in [2.05, 4.69) is 5.32 Å². The molecule has 1 amide bonds. The Kier molecular flexibility index (Phi) is 2.54. The van der Waals surface area contributed by atoms with Crippen molar-refractivity contribution in [3.05, 3.63) is 0 Å². The van der Waals surface area contributed by atoms with E-state index < -0.39 is 0 Å².